The van der Waals surface area contributed by atoms with E-state index in [1.807, 2.05) is 19.9 Å². The van der Waals surface area contributed by atoms with Crippen LogP contribution in [-0.2, 0) is 5.41 Å². The lowest BCUT2D eigenvalue weighted by molar-refractivity contribution is 0.0685. The summed E-state index contributed by atoms with van der Waals surface area (Å²) in [5, 5.41) is 17.6. The zero-order valence-electron chi connectivity index (χ0n) is 13.9. The fraction of sp³-hybridized carbons (Fsp3) is 0.167. The van der Waals surface area contributed by atoms with E-state index >= 15 is 0 Å². The largest absolute Gasteiger partial charge is 0.478 e. The van der Waals surface area contributed by atoms with E-state index < -0.39 is 11.9 Å². The average Bonchev–Trinajstić information content (AvgIpc) is 2.91. The fourth-order valence-electron chi connectivity index (χ4n) is 2.54. The van der Waals surface area contributed by atoms with Gasteiger partial charge in [-0.1, -0.05) is 26.0 Å². The zero-order chi connectivity index (χ0) is 18.6. The second-order valence-corrected chi connectivity index (χ2v) is 6.02. The van der Waals surface area contributed by atoms with Crippen molar-refractivity contribution in [2.75, 3.05) is 5.43 Å². The molecule has 1 aliphatic rings. The number of nitrogens with zero attached hydrogens (tertiary/aromatic N) is 1. The van der Waals surface area contributed by atoms with Gasteiger partial charge in [0.2, 0.25) is 0 Å². The summed E-state index contributed by atoms with van der Waals surface area (Å²) in [6, 6.07) is 11.5. The van der Waals surface area contributed by atoms with E-state index in [0.29, 0.717) is 11.3 Å². The van der Waals surface area contributed by atoms with Crippen LogP contribution in [0.25, 0.3) is 0 Å². The summed E-state index contributed by atoms with van der Waals surface area (Å²) in [7, 11) is 0. The Labute approximate surface area is 144 Å². The number of carboxylic acids is 2. The van der Waals surface area contributed by atoms with E-state index in [4.69, 9.17) is 16.1 Å². The van der Waals surface area contributed by atoms with Gasteiger partial charge in [0.25, 0.3) is 0 Å². The summed E-state index contributed by atoms with van der Waals surface area (Å²) in [6.07, 6.45) is 1.80. The number of nitrogens with one attached hydrogen (secondary N) is 1. The van der Waals surface area contributed by atoms with Gasteiger partial charge in [-0.25, -0.2) is 9.59 Å². The topological polar surface area (TPSA) is 125 Å². The minimum Gasteiger partial charge on any atom is -0.478 e. The second-order valence-electron chi connectivity index (χ2n) is 6.02. The number of carbonyl (C=O) groups is 2. The van der Waals surface area contributed by atoms with Gasteiger partial charge in [-0.05, 0) is 30.3 Å². The van der Waals surface area contributed by atoms with Gasteiger partial charge in [-0.15, -0.1) is 0 Å². The van der Waals surface area contributed by atoms with Gasteiger partial charge in [-0.3, -0.25) is 10.8 Å². The highest BCUT2D eigenvalue weighted by Crippen LogP contribution is 2.38. The lowest BCUT2D eigenvalue weighted by Gasteiger charge is -2.17. The molecule has 5 N–H and O–H groups in total. The minimum atomic E-state index is -0.956. The number of rotatable bonds is 3. The van der Waals surface area contributed by atoms with Gasteiger partial charge >= 0.3 is 11.9 Å². The van der Waals surface area contributed by atoms with Crippen LogP contribution in [0.1, 0.15) is 40.1 Å². The number of aliphatic imine (C=N–C) groups is 1. The molecule has 25 heavy (non-hydrogen) atoms. The Bertz CT molecular complexity index is 844. The average molecular weight is 341 g/mol. The van der Waals surface area contributed by atoms with Gasteiger partial charge < -0.3 is 15.6 Å². The third kappa shape index (κ3) is 4.02. The van der Waals surface area contributed by atoms with Crippen LogP contribution in [-0.4, -0.2) is 28.4 Å². The molecular weight excluding hydrogens is 322 g/mol. The van der Waals surface area contributed by atoms with Crippen molar-refractivity contribution in [3.63, 3.8) is 0 Å². The molecule has 0 saturated heterocycles. The first kappa shape index (κ1) is 18.2. The molecule has 7 heteroatoms. The number of hydrazine groups is 1. The van der Waals surface area contributed by atoms with Crippen LogP contribution in [0.15, 0.2) is 47.5 Å². The summed E-state index contributed by atoms with van der Waals surface area (Å²) in [5.74, 6) is 3.23. The van der Waals surface area contributed by atoms with Crippen molar-refractivity contribution in [1.29, 1.82) is 0 Å². The molecule has 0 atom stereocenters. The normalized spacial score (nSPS) is 13.4. The monoisotopic (exact) mass is 341 g/mol. The van der Waals surface area contributed by atoms with Crippen molar-refractivity contribution < 1.29 is 19.8 Å². The number of aromatic carboxylic acids is 2. The molecule has 3 rings (SSSR count). The summed E-state index contributed by atoms with van der Waals surface area (Å²) < 4.78 is 0. The van der Waals surface area contributed by atoms with Crippen molar-refractivity contribution >= 4 is 29.5 Å². The maximum atomic E-state index is 11.0. The van der Waals surface area contributed by atoms with Crippen LogP contribution in [0, 0.1) is 0 Å². The summed E-state index contributed by atoms with van der Waals surface area (Å²) in [6.45, 7) is 3.93. The predicted molar refractivity (Wildman–Crippen MR) is 95.8 cm³/mol. The van der Waals surface area contributed by atoms with E-state index in [9.17, 15) is 9.59 Å². The second kappa shape index (κ2) is 7.14. The first-order valence-corrected chi connectivity index (χ1v) is 7.48. The molecule has 130 valence electrons. The predicted octanol–water partition coefficient (Wildman–Crippen LogP) is 3.05. The molecule has 0 spiro atoms. The molecule has 2 aromatic carbocycles. The lowest BCUT2D eigenvalue weighted by atomic mass is 9.84. The maximum Gasteiger partial charge on any atom is 0.336 e. The van der Waals surface area contributed by atoms with Gasteiger partial charge in [-0.2, -0.15) is 0 Å². The number of hydrogen-bond acceptors (Lipinski definition) is 5. The maximum absolute atomic E-state index is 11.0. The summed E-state index contributed by atoms with van der Waals surface area (Å²) >= 11 is 0. The summed E-state index contributed by atoms with van der Waals surface area (Å²) in [5.41, 5.74) is 4.83. The molecule has 2 aromatic rings. The molecule has 0 bridgehead atoms. The molecule has 0 saturated carbocycles. The SMILES string of the molecule is CC1(C)C=Nc2cccc(C(=O)O)c21.NNc1cccc(C(=O)O)c1. The Kier molecular flexibility index (Phi) is 5.19. The van der Waals surface area contributed by atoms with Crippen molar-refractivity contribution in [3.8, 4) is 0 Å². The number of carboxylic acid groups (broad SMARTS) is 2. The van der Waals surface area contributed by atoms with Crippen molar-refractivity contribution in [2.24, 2.45) is 10.8 Å². The quantitative estimate of drug-likeness (QED) is 0.502. The summed E-state index contributed by atoms with van der Waals surface area (Å²) in [4.78, 5) is 25.6. The standard InChI is InChI=1S/C11H11NO2.C7H8N2O2/c1-11(2)6-12-8-5-3-4-7(9(8)11)10(13)14;8-9-6-3-1-2-5(4-6)7(10)11/h3-6H,1-2H3,(H,13,14);1-4,9H,8H2,(H,10,11). The Balaban J connectivity index is 0.000000186. The number of hydrogen-bond donors (Lipinski definition) is 4. The highest BCUT2D eigenvalue weighted by molar-refractivity contribution is 5.97. The minimum absolute atomic E-state index is 0.223. The van der Waals surface area contributed by atoms with E-state index in [1.54, 1.807) is 30.5 Å². The van der Waals surface area contributed by atoms with Crippen LogP contribution in [0.4, 0.5) is 11.4 Å². The lowest BCUT2D eigenvalue weighted by Crippen LogP contribution is -2.19. The number of nitrogen functional groups attached to an aromatic ring is 1. The molecular formula is C18H19N3O4. The molecule has 1 heterocycles. The van der Waals surface area contributed by atoms with Crippen molar-refractivity contribution in [3.05, 3.63) is 59.2 Å². The number of benzene rings is 2. The van der Waals surface area contributed by atoms with Gasteiger partial charge in [0.05, 0.1) is 16.8 Å². The van der Waals surface area contributed by atoms with Gasteiger partial charge in [0, 0.05) is 22.9 Å². The first-order chi connectivity index (χ1) is 11.8. The first-order valence-electron chi connectivity index (χ1n) is 7.48. The van der Waals surface area contributed by atoms with E-state index in [-0.39, 0.29) is 11.0 Å². The molecule has 0 fully saturated rings. The molecule has 0 aromatic heterocycles. The third-order valence-corrected chi connectivity index (χ3v) is 3.72. The van der Waals surface area contributed by atoms with Gasteiger partial charge in [0.15, 0.2) is 0 Å². The van der Waals surface area contributed by atoms with E-state index in [2.05, 4.69) is 10.4 Å². The van der Waals surface area contributed by atoms with Crippen LogP contribution in [0.3, 0.4) is 0 Å². The van der Waals surface area contributed by atoms with E-state index in [1.165, 1.54) is 12.1 Å². The fourth-order valence-corrected chi connectivity index (χ4v) is 2.54. The van der Waals surface area contributed by atoms with Crippen LogP contribution in [0.2, 0.25) is 0 Å². The third-order valence-electron chi connectivity index (χ3n) is 3.72. The van der Waals surface area contributed by atoms with E-state index in [0.717, 1.165) is 11.3 Å². The molecule has 0 amide bonds. The molecule has 0 unspecified atom stereocenters. The van der Waals surface area contributed by atoms with Crippen molar-refractivity contribution in [2.45, 2.75) is 19.3 Å². The number of nitrogens with two attached hydrogens (primary N) is 1. The van der Waals surface area contributed by atoms with Crippen LogP contribution < -0.4 is 11.3 Å². The Morgan fingerprint density at radius 3 is 2.36 bits per heavy atom. The van der Waals surface area contributed by atoms with Crippen molar-refractivity contribution in [1.82, 2.24) is 0 Å². The Hall–Kier alpha value is -3.19. The van der Waals surface area contributed by atoms with Crippen LogP contribution in [0.5, 0.6) is 0 Å². The highest BCUT2D eigenvalue weighted by Gasteiger charge is 2.31. The molecule has 7 nitrogen and oxygen atoms in total. The highest BCUT2D eigenvalue weighted by atomic mass is 16.4. The Morgan fingerprint density at radius 1 is 1.08 bits per heavy atom. The molecule has 1 aliphatic heterocycles. The molecule has 0 radical (unpaired) electrons. The molecule has 0 aliphatic carbocycles. The zero-order valence-corrected chi connectivity index (χ0v) is 13.9. The van der Waals surface area contributed by atoms with Gasteiger partial charge in [0.1, 0.15) is 0 Å². The number of fused-ring (bicyclic) bond motifs is 1. The number of anilines is 1. The Morgan fingerprint density at radius 2 is 1.76 bits per heavy atom. The smallest absolute Gasteiger partial charge is 0.336 e. The van der Waals surface area contributed by atoms with Crippen LogP contribution >= 0.6 is 0 Å².